The van der Waals surface area contributed by atoms with Crippen molar-refractivity contribution in [1.82, 2.24) is 4.90 Å². The highest BCUT2D eigenvalue weighted by Crippen LogP contribution is 2.42. The Morgan fingerprint density at radius 3 is 2.45 bits per heavy atom. The molecule has 0 amide bonds. The van der Waals surface area contributed by atoms with E-state index in [4.69, 9.17) is 9.73 Å². The van der Waals surface area contributed by atoms with E-state index in [2.05, 4.69) is 66.1 Å². The molecular weight excluding hydrogens is 404 g/mol. The zero-order chi connectivity index (χ0) is 22.5. The van der Waals surface area contributed by atoms with Crippen LogP contribution in [0.4, 0.5) is 5.69 Å². The van der Waals surface area contributed by atoms with Crippen molar-refractivity contribution in [2.75, 3.05) is 19.7 Å². The molecule has 3 aromatic carbocycles. The SMILES string of the molecule is C=CCOc1ccccc1C=Nc1cccc(C(c2ccccc2)C2CC3CCN2CC3)c1. The maximum absolute atomic E-state index is 5.79. The fourth-order valence-corrected chi connectivity index (χ4v) is 5.46. The zero-order valence-corrected chi connectivity index (χ0v) is 19.1. The molecule has 0 N–H and O–H groups in total. The highest BCUT2D eigenvalue weighted by Gasteiger charge is 2.39. The van der Waals surface area contributed by atoms with E-state index in [1.54, 1.807) is 6.08 Å². The second-order valence-corrected chi connectivity index (χ2v) is 9.16. The quantitative estimate of drug-likeness (QED) is 0.293. The average molecular weight is 437 g/mol. The number of nitrogens with zero attached hydrogens (tertiary/aromatic N) is 2. The molecule has 168 valence electrons. The first-order valence-electron chi connectivity index (χ1n) is 12.1. The lowest BCUT2D eigenvalue weighted by atomic mass is 9.74. The Hall–Kier alpha value is -3.17. The molecule has 2 bridgehead atoms. The van der Waals surface area contributed by atoms with Gasteiger partial charge in [0, 0.05) is 23.7 Å². The fourth-order valence-electron chi connectivity index (χ4n) is 5.46. The summed E-state index contributed by atoms with van der Waals surface area (Å²) in [4.78, 5) is 7.55. The molecule has 0 radical (unpaired) electrons. The molecule has 3 aliphatic rings. The Morgan fingerprint density at radius 1 is 0.939 bits per heavy atom. The van der Waals surface area contributed by atoms with E-state index < -0.39 is 0 Å². The molecule has 2 atom stereocenters. The van der Waals surface area contributed by atoms with Gasteiger partial charge in [-0.05, 0) is 73.7 Å². The van der Waals surface area contributed by atoms with Crippen molar-refractivity contribution in [3.8, 4) is 5.75 Å². The number of aliphatic imine (C=N–C) groups is 1. The topological polar surface area (TPSA) is 24.8 Å². The third-order valence-electron chi connectivity index (χ3n) is 7.09. The summed E-state index contributed by atoms with van der Waals surface area (Å²) in [5.41, 5.74) is 4.70. The van der Waals surface area contributed by atoms with Crippen LogP contribution >= 0.6 is 0 Å². The van der Waals surface area contributed by atoms with Crippen LogP contribution in [-0.4, -0.2) is 36.9 Å². The Balaban J connectivity index is 1.45. The van der Waals surface area contributed by atoms with Crippen LogP contribution in [0, 0.1) is 5.92 Å². The number of benzene rings is 3. The number of ether oxygens (including phenoxy) is 1. The first-order chi connectivity index (χ1) is 16.3. The summed E-state index contributed by atoms with van der Waals surface area (Å²) in [5, 5.41) is 0. The number of hydrogen-bond donors (Lipinski definition) is 0. The lowest BCUT2D eigenvalue weighted by Crippen LogP contribution is -2.51. The largest absolute Gasteiger partial charge is 0.489 e. The minimum Gasteiger partial charge on any atom is -0.489 e. The molecule has 3 aliphatic heterocycles. The maximum Gasteiger partial charge on any atom is 0.128 e. The second-order valence-electron chi connectivity index (χ2n) is 9.16. The minimum absolute atomic E-state index is 0.368. The molecule has 0 aromatic heterocycles. The lowest BCUT2D eigenvalue weighted by molar-refractivity contribution is 0.0411. The standard InChI is InChI=1S/C30H32N2O/c1-2-19-33-29-14-7-6-11-26(29)22-31-27-13-8-12-25(21-27)30(24-9-4-3-5-10-24)28-20-23-15-17-32(28)18-16-23/h2-14,21-23,28,30H,1,15-20H2. The molecule has 0 saturated carbocycles. The molecule has 0 spiro atoms. The first-order valence-corrected chi connectivity index (χ1v) is 12.1. The summed E-state index contributed by atoms with van der Waals surface area (Å²) in [6, 6.07) is 28.4. The van der Waals surface area contributed by atoms with E-state index in [1.165, 1.54) is 43.5 Å². The van der Waals surface area contributed by atoms with Gasteiger partial charge in [-0.25, -0.2) is 0 Å². The van der Waals surface area contributed by atoms with Crippen LogP contribution in [0.15, 0.2) is 96.5 Å². The van der Waals surface area contributed by atoms with Gasteiger partial charge >= 0.3 is 0 Å². The van der Waals surface area contributed by atoms with Crippen molar-refractivity contribution < 1.29 is 4.74 Å². The van der Waals surface area contributed by atoms with E-state index in [-0.39, 0.29) is 0 Å². The second kappa shape index (κ2) is 10.2. The first kappa shape index (κ1) is 21.7. The van der Waals surface area contributed by atoms with Crippen LogP contribution in [0.2, 0.25) is 0 Å². The van der Waals surface area contributed by atoms with Gasteiger partial charge in [-0.1, -0.05) is 67.3 Å². The van der Waals surface area contributed by atoms with E-state index >= 15 is 0 Å². The Morgan fingerprint density at radius 2 is 1.70 bits per heavy atom. The van der Waals surface area contributed by atoms with Crippen LogP contribution in [0.1, 0.15) is 41.9 Å². The van der Waals surface area contributed by atoms with Crippen LogP contribution in [-0.2, 0) is 0 Å². The van der Waals surface area contributed by atoms with Crippen molar-refractivity contribution in [3.63, 3.8) is 0 Å². The van der Waals surface area contributed by atoms with Gasteiger partial charge in [0.25, 0.3) is 0 Å². The highest BCUT2D eigenvalue weighted by molar-refractivity contribution is 5.85. The predicted molar refractivity (Wildman–Crippen MR) is 137 cm³/mol. The highest BCUT2D eigenvalue weighted by atomic mass is 16.5. The molecule has 3 heterocycles. The van der Waals surface area contributed by atoms with Gasteiger partial charge in [0.2, 0.25) is 0 Å². The van der Waals surface area contributed by atoms with Crippen molar-refractivity contribution >= 4 is 11.9 Å². The van der Waals surface area contributed by atoms with Crippen LogP contribution in [0.3, 0.4) is 0 Å². The molecule has 3 aromatic rings. The van der Waals surface area contributed by atoms with Gasteiger partial charge in [0.15, 0.2) is 0 Å². The third kappa shape index (κ3) is 4.94. The van der Waals surface area contributed by atoms with Crippen molar-refractivity contribution in [3.05, 3.63) is 108 Å². The van der Waals surface area contributed by atoms with Crippen LogP contribution in [0.5, 0.6) is 5.75 Å². The number of rotatable bonds is 8. The van der Waals surface area contributed by atoms with Gasteiger partial charge in [0.05, 0.1) is 5.69 Å². The van der Waals surface area contributed by atoms with Crippen molar-refractivity contribution in [1.29, 1.82) is 0 Å². The average Bonchev–Trinajstić information content (AvgIpc) is 2.88. The normalized spacial score (nSPS) is 22.8. The van der Waals surface area contributed by atoms with E-state index in [0.717, 1.165) is 22.9 Å². The predicted octanol–water partition coefficient (Wildman–Crippen LogP) is 6.62. The molecule has 6 rings (SSSR count). The number of para-hydroxylation sites is 1. The van der Waals surface area contributed by atoms with E-state index in [9.17, 15) is 0 Å². The zero-order valence-electron chi connectivity index (χ0n) is 19.1. The Labute approximate surface area is 197 Å². The molecule has 3 fully saturated rings. The summed E-state index contributed by atoms with van der Waals surface area (Å²) in [6.45, 7) is 6.69. The number of hydrogen-bond acceptors (Lipinski definition) is 3. The van der Waals surface area contributed by atoms with Crippen molar-refractivity contribution in [2.24, 2.45) is 10.9 Å². The molecular formula is C30H32N2O. The number of piperidine rings is 3. The summed E-state index contributed by atoms with van der Waals surface area (Å²) >= 11 is 0. The maximum atomic E-state index is 5.79. The van der Waals surface area contributed by atoms with E-state index in [0.29, 0.717) is 18.6 Å². The van der Waals surface area contributed by atoms with Crippen molar-refractivity contribution in [2.45, 2.75) is 31.2 Å². The summed E-state index contributed by atoms with van der Waals surface area (Å²) < 4.78 is 5.79. The molecule has 2 unspecified atom stereocenters. The van der Waals surface area contributed by atoms with Gasteiger partial charge in [0.1, 0.15) is 12.4 Å². The lowest BCUT2D eigenvalue weighted by Gasteiger charge is -2.48. The Bertz CT molecular complexity index is 1100. The van der Waals surface area contributed by atoms with Gasteiger partial charge < -0.3 is 4.74 Å². The van der Waals surface area contributed by atoms with Crippen LogP contribution in [0.25, 0.3) is 0 Å². The molecule has 3 heteroatoms. The van der Waals surface area contributed by atoms with Gasteiger partial charge in [-0.3, -0.25) is 9.89 Å². The summed E-state index contributed by atoms with van der Waals surface area (Å²) in [6.07, 6.45) is 7.67. The third-order valence-corrected chi connectivity index (χ3v) is 7.09. The van der Waals surface area contributed by atoms with Gasteiger partial charge in [-0.15, -0.1) is 0 Å². The molecule has 33 heavy (non-hydrogen) atoms. The van der Waals surface area contributed by atoms with E-state index in [1.807, 2.05) is 30.5 Å². The van der Waals surface area contributed by atoms with Crippen LogP contribution < -0.4 is 4.74 Å². The smallest absolute Gasteiger partial charge is 0.128 e. The fraction of sp³-hybridized carbons (Fsp3) is 0.300. The summed E-state index contributed by atoms with van der Waals surface area (Å²) in [5.74, 6) is 2.07. The Kier molecular flexibility index (Phi) is 6.68. The molecule has 0 aliphatic carbocycles. The minimum atomic E-state index is 0.368. The monoisotopic (exact) mass is 436 g/mol. The summed E-state index contributed by atoms with van der Waals surface area (Å²) in [7, 11) is 0. The molecule has 3 nitrogen and oxygen atoms in total. The molecule has 3 saturated heterocycles. The number of fused-ring (bicyclic) bond motifs is 3. The van der Waals surface area contributed by atoms with Gasteiger partial charge in [-0.2, -0.15) is 0 Å².